The number of carbonyl (C=O) groups is 5. The van der Waals surface area contributed by atoms with E-state index in [0.29, 0.717) is 45.3 Å². The molecule has 2 aliphatic rings. The average molecular weight is 653 g/mol. The summed E-state index contributed by atoms with van der Waals surface area (Å²) < 4.78 is 49.0. The minimum atomic E-state index is -4.56. The molecule has 2 heterocycles. The molecule has 1 aromatic carbocycles. The van der Waals surface area contributed by atoms with Crippen molar-refractivity contribution in [3.8, 4) is 0 Å². The van der Waals surface area contributed by atoms with Crippen molar-refractivity contribution in [1.29, 1.82) is 0 Å². The Morgan fingerprint density at radius 3 is 2.22 bits per heavy atom. The van der Waals surface area contributed by atoms with Gasteiger partial charge in [-0.05, 0) is 89.6 Å². The molecule has 2 aliphatic heterocycles. The summed E-state index contributed by atoms with van der Waals surface area (Å²) in [5.41, 5.74) is -1.59. The van der Waals surface area contributed by atoms with Gasteiger partial charge in [-0.3, -0.25) is 14.4 Å². The van der Waals surface area contributed by atoms with Crippen LogP contribution in [0.25, 0.3) is 0 Å². The highest BCUT2D eigenvalue weighted by Gasteiger charge is 2.32. The van der Waals surface area contributed by atoms with E-state index < -0.39 is 47.1 Å². The van der Waals surface area contributed by atoms with Gasteiger partial charge in [0.05, 0.1) is 18.1 Å². The van der Waals surface area contributed by atoms with Crippen molar-refractivity contribution in [2.24, 2.45) is 11.8 Å². The molecule has 2 saturated heterocycles. The summed E-state index contributed by atoms with van der Waals surface area (Å²) >= 11 is 0. The third-order valence-electron chi connectivity index (χ3n) is 7.64. The summed E-state index contributed by atoms with van der Waals surface area (Å²) in [6.45, 7) is 8.44. The van der Waals surface area contributed by atoms with Crippen LogP contribution in [0.3, 0.4) is 0 Å². The molecule has 1 aromatic rings. The van der Waals surface area contributed by atoms with Gasteiger partial charge in [0.1, 0.15) is 11.6 Å². The van der Waals surface area contributed by atoms with Crippen molar-refractivity contribution in [2.75, 3.05) is 39.3 Å². The van der Waals surface area contributed by atoms with Gasteiger partial charge in [0, 0.05) is 38.3 Å². The topological polar surface area (TPSA) is 134 Å². The van der Waals surface area contributed by atoms with Gasteiger partial charge >= 0.3 is 18.2 Å². The van der Waals surface area contributed by atoms with E-state index in [4.69, 9.17) is 9.47 Å². The fourth-order valence-electron chi connectivity index (χ4n) is 5.15. The average Bonchev–Trinajstić information content (AvgIpc) is 3.00. The fourth-order valence-corrected chi connectivity index (χ4v) is 5.15. The van der Waals surface area contributed by atoms with E-state index in [1.165, 1.54) is 6.08 Å². The Morgan fingerprint density at radius 2 is 1.63 bits per heavy atom. The molecule has 0 radical (unpaired) electrons. The largest absolute Gasteiger partial charge is 0.464 e. The summed E-state index contributed by atoms with van der Waals surface area (Å²) in [5.74, 6) is -2.67. The number of hydrogen-bond acceptors (Lipinski definition) is 7. The van der Waals surface area contributed by atoms with Crippen LogP contribution in [0, 0.1) is 11.8 Å². The quantitative estimate of drug-likeness (QED) is 0.305. The standard InChI is InChI=1S/C32H43F3N4O7/c1-5-45-29(43)25(37-28(42)22-9-11-24(12-10-22)32(33,34)35)19-36-27(41)23-7-6-16-39(20-23)26(40)13-8-21-14-17-38(18-15-21)30(44)46-31(2,3)4/h8-13,21,23,25H,5-7,14-20H2,1-4H3,(H,36,41)(H,37,42)/b13-8+/t23-,25+/m1/s1. The van der Waals surface area contributed by atoms with Gasteiger partial charge in [-0.1, -0.05) is 6.08 Å². The third-order valence-corrected chi connectivity index (χ3v) is 7.64. The molecule has 46 heavy (non-hydrogen) atoms. The first kappa shape index (κ1) is 36.4. The molecular formula is C32H43F3N4O7. The Morgan fingerprint density at radius 1 is 0.978 bits per heavy atom. The molecule has 0 aromatic heterocycles. The molecule has 2 fully saturated rings. The number of allylic oxidation sites excluding steroid dienone is 1. The number of nitrogens with zero attached hydrogens (tertiary/aromatic N) is 2. The Labute approximate surface area is 266 Å². The number of piperidine rings is 2. The predicted octanol–water partition coefficient (Wildman–Crippen LogP) is 3.93. The zero-order valence-corrected chi connectivity index (χ0v) is 26.7. The van der Waals surface area contributed by atoms with Gasteiger partial charge in [0.2, 0.25) is 11.8 Å². The first-order valence-corrected chi connectivity index (χ1v) is 15.4. The molecule has 3 rings (SSSR count). The van der Waals surface area contributed by atoms with Crippen molar-refractivity contribution in [2.45, 2.75) is 71.2 Å². The van der Waals surface area contributed by atoms with Crippen LogP contribution in [-0.4, -0.2) is 90.6 Å². The van der Waals surface area contributed by atoms with Crippen LogP contribution in [-0.2, 0) is 30.0 Å². The summed E-state index contributed by atoms with van der Waals surface area (Å²) in [7, 11) is 0. The molecule has 0 saturated carbocycles. The van der Waals surface area contributed by atoms with E-state index >= 15 is 0 Å². The molecule has 14 heteroatoms. The number of halogens is 3. The summed E-state index contributed by atoms with van der Waals surface area (Å²) in [4.78, 5) is 66.7. The molecule has 2 atom stereocenters. The highest BCUT2D eigenvalue weighted by Crippen LogP contribution is 2.29. The van der Waals surface area contributed by atoms with Gasteiger partial charge in [-0.25, -0.2) is 9.59 Å². The van der Waals surface area contributed by atoms with Gasteiger partial charge in [0.25, 0.3) is 5.91 Å². The van der Waals surface area contributed by atoms with Crippen LogP contribution in [0.2, 0.25) is 0 Å². The normalized spacial score (nSPS) is 18.5. The van der Waals surface area contributed by atoms with Crippen molar-refractivity contribution >= 4 is 29.8 Å². The lowest BCUT2D eigenvalue weighted by Gasteiger charge is -2.33. The van der Waals surface area contributed by atoms with Crippen LogP contribution >= 0.6 is 0 Å². The van der Waals surface area contributed by atoms with Crippen LogP contribution in [0.4, 0.5) is 18.0 Å². The SMILES string of the molecule is CCOC(=O)[C@H](CNC(=O)[C@@H]1CCCN(C(=O)/C=C/C2CCN(C(=O)OC(C)(C)C)CC2)C1)NC(=O)c1ccc(C(F)(F)F)cc1. The Kier molecular flexibility index (Phi) is 12.6. The highest BCUT2D eigenvalue weighted by atomic mass is 19.4. The molecule has 0 aliphatic carbocycles. The lowest BCUT2D eigenvalue weighted by molar-refractivity contribution is -0.145. The predicted molar refractivity (Wildman–Crippen MR) is 161 cm³/mol. The van der Waals surface area contributed by atoms with Gasteiger partial charge in [0.15, 0.2) is 0 Å². The van der Waals surface area contributed by atoms with Crippen LogP contribution in [0.15, 0.2) is 36.4 Å². The van der Waals surface area contributed by atoms with Crippen LogP contribution < -0.4 is 10.6 Å². The number of benzene rings is 1. The second-order valence-corrected chi connectivity index (χ2v) is 12.4. The second-order valence-electron chi connectivity index (χ2n) is 12.4. The first-order valence-electron chi connectivity index (χ1n) is 15.4. The maximum Gasteiger partial charge on any atom is 0.416 e. The molecule has 11 nitrogen and oxygen atoms in total. The van der Waals surface area contributed by atoms with Gasteiger partial charge in [-0.15, -0.1) is 0 Å². The third kappa shape index (κ3) is 11.1. The molecule has 0 spiro atoms. The lowest BCUT2D eigenvalue weighted by Crippen LogP contribution is -2.51. The van der Waals surface area contributed by atoms with Crippen LogP contribution in [0.1, 0.15) is 69.3 Å². The Hall–Kier alpha value is -4.10. The minimum absolute atomic E-state index is 0.00942. The van der Waals surface area contributed by atoms with Crippen molar-refractivity contribution in [1.82, 2.24) is 20.4 Å². The summed E-state index contributed by atoms with van der Waals surface area (Å²) in [6, 6.07) is 2.22. The molecular weight excluding hydrogens is 609 g/mol. The van der Waals surface area contributed by atoms with E-state index in [0.717, 1.165) is 24.3 Å². The van der Waals surface area contributed by atoms with E-state index in [-0.39, 0.29) is 43.2 Å². The van der Waals surface area contributed by atoms with Crippen LogP contribution in [0.5, 0.6) is 0 Å². The number of likely N-dealkylation sites (tertiary alicyclic amines) is 2. The van der Waals surface area contributed by atoms with E-state index in [1.54, 1.807) is 16.7 Å². The summed E-state index contributed by atoms with van der Waals surface area (Å²) in [6.07, 6.45) is 0.964. The Bertz CT molecular complexity index is 1270. The molecule has 2 N–H and O–H groups in total. The monoisotopic (exact) mass is 652 g/mol. The van der Waals surface area contributed by atoms with Gasteiger partial charge in [-0.2, -0.15) is 13.2 Å². The first-order chi connectivity index (χ1) is 21.6. The summed E-state index contributed by atoms with van der Waals surface area (Å²) in [5, 5.41) is 5.06. The van der Waals surface area contributed by atoms with E-state index in [1.807, 2.05) is 26.8 Å². The fraction of sp³-hybridized carbons (Fsp3) is 0.594. The number of alkyl halides is 3. The van der Waals surface area contributed by atoms with Gasteiger partial charge < -0.3 is 29.9 Å². The van der Waals surface area contributed by atoms with E-state index in [2.05, 4.69) is 10.6 Å². The maximum atomic E-state index is 13.0. The zero-order chi connectivity index (χ0) is 34.1. The number of nitrogens with one attached hydrogen (secondary N) is 2. The smallest absolute Gasteiger partial charge is 0.416 e. The number of amides is 4. The maximum absolute atomic E-state index is 13.0. The van der Waals surface area contributed by atoms with E-state index in [9.17, 15) is 37.1 Å². The highest BCUT2D eigenvalue weighted by molar-refractivity contribution is 5.97. The number of esters is 1. The lowest BCUT2D eigenvalue weighted by atomic mass is 9.95. The molecule has 254 valence electrons. The molecule has 4 amide bonds. The van der Waals surface area contributed by atoms with Crippen molar-refractivity contribution in [3.63, 3.8) is 0 Å². The molecule has 0 bridgehead atoms. The number of carbonyl (C=O) groups excluding carboxylic acids is 5. The number of rotatable bonds is 9. The zero-order valence-electron chi connectivity index (χ0n) is 26.7. The van der Waals surface area contributed by atoms with Crippen molar-refractivity contribution < 1.29 is 46.6 Å². The minimum Gasteiger partial charge on any atom is -0.464 e. The van der Waals surface area contributed by atoms with Crippen molar-refractivity contribution in [3.05, 3.63) is 47.5 Å². The number of ether oxygens (including phenoxy) is 2. The number of hydrogen-bond donors (Lipinski definition) is 2. The Balaban J connectivity index is 1.51. The second kappa shape index (κ2) is 15.9. The molecule has 0 unspecified atom stereocenters.